The molecule has 4 nitrogen and oxygen atoms in total. The molecule has 5 heteroatoms. The first-order chi connectivity index (χ1) is 10.2. The van der Waals surface area contributed by atoms with Crippen LogP contribution in [0, 0.1) is 5.41 Å². The van der Waals surface area contributed by atoms with E-state index in [0.29, 0.717) is 9.20 Å². The lowest BCUT2D eigenvalue weighted by Gasteiger charge is -2.12. The smallest absolute Gasteiger partial charge is 0.268 e. The Kier molecular flexibility index (Phi) is 4.37. The Morgan fingerprint density at radius 3 is 2.59 bits per heavy atom. The maximum absolute atomic E-state index is 12.3. The summed E-state index contributed by atoms with van der Waals surface area (Å²) in [4.78, 5) is 24.4. The van der Waals surface area contributed by atoms with Crippen LogP contribution in [0.1, 0.15) is 26.3 Å². The fraction of sp³-hybridized carbons (Fsp3) is 0.294. The molecule has 22 heavy (non-hydrogen) atoms. The molecule has 0 aliphatic carbocycles. The van der Waals surface area contributed by atoms with Crippen LogP contribution in [0.25, 0.3) is 12.2 Å². The molecule has 1 aromatic heterocycles. The molecule has 0 aliphatic heterocycles. The Balaban J connectivity index is 2.59. The van der Waals surface area contributed by atoms with E-state index in [1.54, 1.807) is 31.3 Å². The number of hydrogen-bond acceptors (Lipinski definition) is 4. The summed E-state index contributed by atoms with van der Waals surface area (Å²) in [5.41, 5.74) is 0.115. The van der Waals surface area contributed by atoms with Crippen molar-refractivity contribution in [1.82, 2.24) is 4.57 Å². The highest BCUT2D eigenvalue weighted by Crippen LogP contribution is 2.15. The molecule has 0 atom stereocenters. The minimum absolute atomic E-state index is 0.0201. The zero-order valence-electron chi connectivity index (χ0n) is 13.1. The van der Waals surface area contributed by atoms with Gasteiger partial charge in [0.2, 0.25) is 0 Å². The molecule has 116 valence electrons. The van der Waals surface area contributed by atoms with E-state index in [1.807, 2.05) is 26.8 Å². The standard InChI is InChI=1S/C17H19NO3S/c1-17(2,3)14(20)10-15-18(4)16(21)13(22-15)9-11-6-5-7-12(19)8-11/h5-10,19H,1-4H3/b13-9+,15-10-. The van der Waals surface area contributed by atoms with Gasteiger partial charge in [-0.15, -0.1) is 11.3 Å². The maximum atomic E-state index is 12.3. The minimum atomic E-state index is -0.477. The lowest BCUT2D eigenvalue weighted by molar-refractivity contribution is -0.120. The average molecular weight is 317 g/mol. The number of carbonyl (C=O) groups is 1. The topological polar surface area (TPSA) is 59.3 Å². The normalized spacial score (nSPS) is 13.6. The van der Waals surface area contributed by atoms with E-state index in [2.05, 4.69) is 0 Å². The molecule has 0 bridgehead atoms. The van der Waals surface area contributed by atoms with Crippen LogP contribution in [0.15, 0.2) is 29.1 Å². The van der Waals surface area contributed by atoms with Crippen LogP contribution < -0.4 is 14.8 Å². The summed E-state index contributed by atoms with van der Waals surface area (Å²) >= 11 is 1.27. The zero-order valence-corrected chi connectivity index (χ0v) is 13.9. The van der Waals surface area contributed by atoms with Crippen molar-refractivity contribution in [1.29, 1.82) is 0 Å². The number of rotatable bonds is 2. The van der Waals surface area contributed by atoms with E-state index < -0.39 is 5.41 Å². The van der Waals surface area contributed by atoms with E-state index in [4.69, 9.17) is 0 Å². The van der Waals surface area contributed by atoms with Gasteiger partial charge in [-0.25, -0.2) is 0 Å². The Morgan fingerprint density at radius 1 is 1.32 bits per heavy atom. The number of thiazole rings is 1. The van der Waals surface area contributed by atoms with Crippen LogP contribution in [0.3, 0.4) is 0 Å². The average Bonchev–Trinajstić information content (AvgIpc) is 2.66. The first kappa shape index (κ1) is 16.2. The van der Waals surface area contributed by atoms with Gasteiger partial charge in [0, 0.05) is 18.5 Å². The van der Waals surface area contributed by atoms with Crippen LogP contribution in [0.5, 0.6) is 5.75 Å². The van der Waals surface area contributed by atoms with Crippen molar-refractivity contribution < 1.29 is 9.90 Å². The highest BCUT2D eigenvalue weighted by Gasteiger charge is 2.19. The molecule has 1 aromatic carbocycles. The number of aromatic hydroxyl groups is 1. The molecule has 0 amide bonds. The van der Waals surface area contributed by atoms with Gasteiger partial charge in [0.1, 0.15) is 10.4 Å². The molecule has 0 unspecified atom stereocenters. The third-order valence-electron chi connectivity index (χ3n) is 3.22. The SMILES string of the molecule is Cn1c(=O)/c(=C\c2cccc(O)c2)s/c1=C\C(=O)C(C)(C)C. The number of Topliss-reactive ketones (excluding diaryl/α,β-unsaturated/α-hetero) is 1. The monoisotopic (exact) mass is 317 g/mol. The lowest BCUT2D eigenvalue weighted by atomic mass is 9.91. The molecule has 1 N–H and O–H groups in total. The molecule has 0 saturated heterocycles. The summed E-state index contributed by atoms with van der Waals surface area (Å²) in [6, 6.07) is 6.69. The van der Waals surface area contributed by atoms with Crippen molar-refractivity contribution in [2.75, 3.05) is 0 Å². The summed E-state index contributed by atoms with van der Waals surface area (Å²) in [5, 5.41) is 9.48. The fourth-order valence-corrected chi connectivity index (χ4v) is 2.83. The molecular formula is C17H19NO3S. The van der Waals surface area contributed by atoms with E-state index in [9.17, 15) is 14.7 Å². The number of ketones is 1. The highest BCUT2D eigenvalue weighted by molar-refractivity contribution is 7.07. The first-order valence-corrected chi connectivity index (χ1v) is 7.73. The molecule has 1 heterocycles. The zero-order chi connectivity index (χ0) is 16.5. The van der Waals surface area contributed by atoms with E-state index >= 15 is 0 Å². The molecule has 0 aliphatic rings. The van der Waals surface area contributed by atoms with E-state index in [1.165, 1.54) is 22.0 Å². The molecule has 0 saturated carbocycles. The van der Waals surface area contributed by atoms with Gasteiger partial charge < -0.3 is 9.67 Å². The van der Waals surface area contributed by atoms with Crippen molar-refractivity contribution in [3.05, 3.63) is 49.4 Å². The predicted molar refractivity (Wildman–Crippen MR) is 89.4 cm³/mol. The molecular weight excluding hydrogens is 298 g/mol. The summed E-state index contributed by atoms with van der Waals surface area (Å²) < 4.78 is 2.63. The van der Waals surface area contributed by atoms with Gasteiger partial charge in [-0.3, -0.25) is 9.59 Å². The molecule has 2 aromatic rings. The van der Waals surface area contributed by atoms with E-state index in [-0.39, 0.29) is 17.1 Å². The summed E-state index contributed by atoms with van der Waals surface area (Å²) in [6.45, 7) is 5.53. The third-order valence-corrected chi connectivity index (χ3v) is 4.34. The second-order valence-corrected chi connectivity index (χ2v) is 7.23. The van der Waals surface area contributed by atoms with Crippen molar-refractivity contribution in [2.45, 2.75) is 20.8 Å². The van der Waals surface area contributed by atoms with E-state index in [0.717, 1.165) is 5.56 Å². The van der Waals surface area contributed by atoms with Crippen molar-refractivity contribution in [3.63, 3.8) is 0 Å². The van der Waals surface area contributed by atoms with Gasteiger partial charge in [0.05, 0.1) is 4.53 Å². The second kappa shape index (κ2) is 5.93. The van der Waals surface area contributed by atoms with Gasteiger partial charge in [-0.05, 0) is 23.8 Å². The minimum Gasteiger partial charge on any atom is -0.508 e. The quantitative estimate of drug-likeness (QED) is 0.910. The van der Waals surface area contributed by atoms with Crippen LogP contribution in [0.2, 0.25) is 0 Å². The molecule has 0 spiro atoms. The fourth-order valence-electron chi connectivity index (χ4n) is 1.80. The predicted octanol–water partition coefficient (Wildman–Crippen LogP) is 1.38. The van der Waals surface area contributed by atoms with Crippen LogP contribution in [-0.2, 0) is 11.8 Å². The van der Waals surface area contributed by atoms with Crippen LogP contribution in [-0.4, -0.2) is 15.5 Å². The Morgan fingerprint density at radius 2 is 2.00 bits per heavy atom. The van der Waals surface area contributed by atoms with Gasteiger partial charge in [0.15, 0.2) is 5.78 Å². The maximum Gasteiger partial charge on any atom is 0.268 e. The largest absolute Gasteiger partial charge is 0.508 e. The Bertz CT molecular complexity index is 882. The molecule has 0 fully saturated rings. The number of hydrogen-bond donors (Lipinski definition) is 1. The Labute approximate surface area is 132 Å². The van der Waals surface area contributed by atoms with Gasteiger partial charge in [0.25, 0.3) is 5.56 Å². The number of phenolic OH excluding ortho intramolecular Hbond substituents is 1. The molecule has 2 rings (SSSR count). The van der Waals surface area contributed by atoms with Crippen LogP contribution in [0.4, 0.5) is 0 Å². The van der Waals surface area contributed by atoms with Crippen LogP contribution >= 0.6 is 11.3 Å². The first-order valence-electron chi connectivity index (χ1n) is 6.91. The Hall–Kier alpha value is -2.14. The van der Waals surface area contributed by atoms with Crippen molar-refractivity contribution >= 4 is 29.3 Å². The number of carbonyl (C=O) groups excluding carboxylic acids is 1. The number of phenols is 1. The molecule has 0 radical (unpaired) electrons. The van der Waals surface area contributed by atoms with Crippen molar-refractivity contribution in [3.8, 4) is 5.75 Å². The third kappa shape index (κ3) is 3.54. The number of nitrogens with zero attached hydrogens (tertiary/aromatic N) is 1. The van der Waals surface area contributed by atoms with Crippen molar-refractivity contribution in [2.24, 2.45) is 12.5 Å². The second-order valence-electron chi connectivity index (χ2n) is 6.17. The van der Waals surface area contributed by atoms with Gasteiger partial charge in [-0.2, -0.15) is 0 Å². The number of aromatic nitrogens is 1. The highest BCUT2D eigenvalue weighted by atomic mass is 32.1. The van der Waals surface area contributed by atoms with Gasteiger partial charge in [-0.1, -0.05) is 32.9 Å². The lowest BCUT2D eigenvalue weighted by Crippen LogP contribution is -2.30. The van der Waals surface area contributed by atoms with Gasteiger partial charge >= 0.3 is 0 Å². The summed E-state index contributed by atoms with van der Waals surface area (Å²) in [6.07, 6.45) is 3.23. The summed E-state index contributed by atoms with van der Waals surface area (Å²) in [5.74, 6) is 0.130. The number of benzene rings is 1. The summed E-state index contributed by atoms with van der Waals surface area (Å²) in [7, 11) is 1.65.